The zero-order valence-electron chi connectivity index (χ0n) is 11.2. The number of rotatable bonds is 5. The molecule has 0 spiro atoms. The van der Waals surface area contributed by atoms with Crippen molar-refractivity contribution in [2.45, 2.75) is 35.5 Å². The second kappa shape index (κ2) is 5.69. The molecule has 0 saturated heterocycles. The highest BCUT2D eigenvalue weighted by atomic mass is 32.2. The zero-order chi connectivity index (χ0) is 15.0. The van der Waals surface area contributed by atoms with Crippen LogP contribution >= 0.6 is 23.6 Å². The van der Waals surface area contributed by atoms with Crippen LogP contribution in [0.4, 0.5) is 0 Å². The summed E-state index contributed by atoms with van der Waals surface area (Å²) >= 11 is 5.89. The summed E-state index contributed by atoms with van der Waals surface area (Å²) < 4.78 is 26.3. The van der Waals surface area contributed by atoms with E-state index in [1.54, 1.807) is 6.07 Å². The van der Waals surface area contributed by atoms with Crippen molar-refractivity contribution in [3.05, 3.63) is 17.0 Å². The summed E-state index contributed by atoms with van der Waals surface area (Å²) in [6, 6.07) is 3.11. The van der Waals surface area contributed by atoms with E-state index in [1.807, 2.05) is 0 Å². The van der Waals surface area contributed by atoms with Gasteiger partial charge in [0.1, 0.15) is 9.20 Å². The summed E-state index contributed by atoms with van der Waals surface area (Å²) in [5.74, 6) is 0. The lowest BCUT2D eigenvalue weighted by Crippen LogP contribution is -2.41. The third-order valence-corrected chi connectivity index (χ3v) is 7.28. The third kappa shape index (κ3) is 3.20. The molecule has 1 aliphatic rings. The maximum absolute atomic E-state index is 12.4. The van der Waals surface area contributed by atoms with Crippen molar-refractivity contribution in [1.29, 1.82) is 0 Å². The van der Waals surface area contributed by atoms with Gasteiger partial charge in [0.25, 0.3) is 10.0 Å². The number of nitrogens with two attached hydrogens (primary N) is 1. The Morgan fingerprint density at radius 1 is 1.50 bits per heavy atom. The molecule has 1 aliphatic carbocycles. The molecule has 1 aromatic rings. The van der Waals surface area contributed by atoms with Crippen LogP contribution in [0.5, 0.6) is 0 Å². The Labute approximate surface area is 128 Å². The number of likely N-dealkylation sites (N-methyl/N-ethyl adjacent to an activating group) is 1. The van der Waals surface area contributed by atoms with Crippen molar-refractivity contribution in [2.24, 2.45) is 5.73 Å². The van der Waals surface area contributed by atoms with Gasteiger partial charge in [-0.25, -0.2) is 8.42 Å². The average Bonchev–Trinajstić information content (AvgIpc) is 2.97. The Hall–Kier alpha value is -0.540. The molecule has 1 saturated carbocycles. The molecular weight excluding hydrogens is 316 g/mol. The molecule has 0 amide bonds. The van der Waals surface area contributed by atoms with Gasteiger partial charge in [-0.15, -0.1) is 11.3 Å². The van der Waals surface area contributed by atoms with Crippen LogP contribution in [0.2, 0.25) is 0 Å². The minimum absolute atomic E-state index is 0.121. The van der Waals surface area contributed by atoms with Crippen molar-refractivity contribution in [1.82, 2.24) is 4.31 Å². The van der Waals surface area contributed by atoms with E-state index in [-0.39, 0.29) is 15.7 Å². The van der Waals surface area contributed by atoms with E-state index < -0.39 is 15.6 Å². The van der Waals surface area contributed by atoms with E-state index >= 15 is 0 Å². The van der Waals surface area contributed by atoms with Crippen LogP contribution in [0.1, 0.15) is 30.6 Å². The molecule has 112 valence electrons. The van der Waals surface area contributed by atoms with E-state index in [0.717, 1.165) is 24.2 Å². The first-order chi connectivity index (χ1) is 9.24. The number of thiocarbonyl (C=S) groups is 1. The first-order valence-electron chi connectivity index (χ1n) is 6.33. The second-order valence-corrected chi connectivity index (χ2v) is 8.97. The fourth-order valence-corrected chi connectivity index (χ4v) is 5.25. The Morgan fingerprint density at radius 2 is 2.10 bits per heavy atom. The van der Waals surface area contributed by atoms with E-state index in [2.05, 4.69) is 0 Å². The number of nitrogens with zero attached hydrogens (tertiary/aromatic N) is 1. The van der Waals surface area contributed by atoms with Gasteiger partial charge in [-0.05, 0) is 25.0 Å². The number of sulfonamides is 1. The standard InChI is InChI=1S/C12H18N2O3S3/c1-14(8-12(15)6-2-3-7-12)20(16,17)10-5-4-9(19-10)11(13)18/h4-5,15H,2-3,6-8H2,1H3,(H2,13,18). The first-order valence-corrected chi connectivity index (χ1v) is 8.99. The van der Waals surface area contributed by atoms with Crippen molar-refractivity contribution in [3.8, 4) is 0 Å². The minimum atomic E-state index is -3.60. The van der Waals surface area contributed by atoms with Crippen LogP contribution < -0.4 is 5.73 Å². The quantitative estimate of drug-likeness (QED) is 0.793. The molecule has 0 aromatic carbocycles. The Morgan fingerprint density at radius 3 is 2.60 bits per heavy atom. The number of hydrogen-bond acceptors (Lipinski definition) is 5. The summed E-state index contributed by atoms with van der Waals surface area (Å²) in [5, 5.41) is 10.3. The largest absolute Gasteiger partial charge is 0.389 e. The van der Waals surface area contributed by atoms with Gasteiger partial charge in [0.15, 0.2) is 0 Å². The molecule has 1 aromatic heterocycles. The van der Waals surface area contributed by atoms with Gasteiger partial charge >= 0.3 is 0 Å². The number of aliphatic hydroxyl groups is 1. The van der Waals surface area contributed by atoms with Gasteiger partial charge in [0, 0.05) is 13.6 Å². The van der Waals surface area contributed by atoms with Crippen molar-refractivity contribution < 1.29 is 13.5 Å². The molecule has 0 bridgehead atoms. The molecule has 0 atom stereocenters. The average molecular weight is 334 g/mol. The Balaban J connectivity index is 2.18. The highest BCUT2D eigenvalue weighted by molar-refractivity contribution is 7.91. The van der Waals surface area contributed by atoms with Crippen molar-refractivity contribution in [2.75, 3.05) is 13.6 Å². The molecule has 1 fully saturated rings. The van der Waals surface area contributed by atoms with Crippen molar-refractivity contribution in [3.63, 3.8) is 0 Å². The predicted molar refractivity (Wildman–Crippen MR) is 83.4 cm³/mol. The van der Waals surface area contributed by atoms with Crippen LogP contribution in [-0.2, 0) is 10.0 Å². The third-order valence-electron chi connectivity index (χ3n) is 3.54. The van der Waals surface area contributed by atoms with Gasteiger partial charge in [-0.2, -0.15) is 4.31 Å². The topological polar surface area (TPSA) is 83.6 Å². The van der Waals surface area contributed by atoms with Gasteiger partial charge in [0.05, 0.1) is 10.5 Å². The van der Waals surface area contributed by atoms with Crippen LogP contribution in [-0.4, -0.2) is 42.0 Å². The van der Waals surface area contributed by atoms with Crippen LogP contribution in [0.25, 0.3) is 0 Å². The predicted octanol–water partition coefficient (Wildman–Crippen LogP) is 1.31. The SMILES string of the molecule is CN(CC1(O)CCCC1)S(=O)(=O)c1ccc(C(N)=S)s1. The molecule has 5 nitrogen and oxygen atoms in total. The number of thiophene rings is 1. The molecule has 0 unspecified atom stereocenters. The van der Waals surface area contributed by atoms with E-state index in [0.29, 0.717) is 17.7 Å². The normalized spacial score (nSPS) is 18.6. The van der Waals surface area contributed by atoms with Gasteiger partial charge < -0.3 is 10.8 Å². The molecular formula is C12H18N2O3S3. The number of hydrogen-bond donors (Lipinski definition) is 2. The molecule has 3 N–H and O–H groups in total. The Kier molecular flexibility index (Phi) is 4.50. The van der Waals surface area contributed by atoms with E-state index in [1.165, 1.54) is 17.4 Å². The van der Waals surface area contributed by atoms with Gasteiger partial charge in [-0.1, -0.05) is 25.1 Å². The molecule has 8 heteroatoms. The summed E-state index contributed by atoms with van der Waals surface area (Å²) in [7, 11) is -2.11. The molecule has 0 aliphatic heterocycles. The lowest BCUT2D eigenvalue weighted by Gasteiger charge is -2.27. The summed E-state index contributed by atoms with van der Waals surface area (Å²) in [5.41, 5.74) is 4.60. The first kappa shape index (κ1) is 15.8. The maximum atomic E-state index is 12.4. The van der Waals surface area contributed by atoms with Crippen LogP contribution in [0.15, 0.2) is 16.3 Å². The Bertz CT molecular complexity index is 603. The molecule has 20 heavy (non-hydrogen) atoms. The molecule has 2 rings (SSSR count). The fraction of sp³-hybridized carbons (Fsp3) is 0.583. The minimum Gasteiger partial charge on any atom is -0.389 e. The summed E-state index contributed by atoms with van der Waals surface area (Å²) in [6.07, 6.45) is 3.18. The smallest absolute Gasteiger partial charge is 0.252 e. The second-order valence-electron chi connectivity index (χ2n) is 5.18. The maximum Gasteiger partial charge on any atom is 0.252 e. The highest BCUT2D eigenvalue weighted by Gasteiger charge is 2.36. The van der Waals surface area contributed by atoms with Gasteiger partial charge in [-0.3, -0.25) is 0 Å². The van der Waals surface area contributed by atoms with E-state index in [4.69, 9.17) is 18.0 Å². The van der Waals surface area contributed by atoms with E-state index in [9.17, 15) is 13.5 Å². The summed E-state index contributed by atoms with van der Waals surface area (Å²) in [6.45, 7) is 0.121. The van der Waals surface area contributed by atoms with Crippen LogP contribution in [0, 0.1) is 0 Å². The lowest BCUT2D eigenvalue weighted by atomic mass is 10.0. The molecule has 0 radical (unpaired) electrons. The van der Waals surface area contributed by atoms with Gasteiger partial charge in [0.2, 0.25) is 0 Å². The highest BCUT2D eigenvalue weighted by Crippen LogP contribution is 2.32. The monoisotopic (exact) mass is 334 g/mol. The molecule has 1 heterocycles. The fourth-order valence-electron chi connectivity index (χ4n) is 2.44. The van der Waals surface area contributed by atoms with Crippen molar-refractivity contribution >= 4 is 38.6 Å². The van der Waals surface area contributed by atoms with Crippen LogP contribution in [0.3, 0.4) is 0 Å². The summed E-state index contributed by atoms with van der Waals surface area (Å²) in [4.78, 5) is 0.764. The lowest BCUT2D eigenvalue weighted by molar-refractivity contribution is 0.0334. The zero-order valence-corrected chi connectivity index (χ0v) is 13.7.